The van der Waals surface area contributed by atoms with E-state index >= 15 is 0 Å². The summed E-state index contributed by atoms with van der Waals surface area (Å²) in [5.41, 5.74) is 0.495. The Morgan fingerprint density at radius 3 is 2.26 bits per heavy atom. The van der Waals surface area contributed by atoms with E-state index in [2.05, 4.69) is 10.6 Å². The number of hydrogen-bond donors (Lipinski definition) is 2. The lowest BCUT2D eigenvalue weighted by atomic mass is 10.3. The summed E-state index contributed by atoms with van der Waals surface area (Å²) in [5.74, 6) is 1.18. The number of hydrogen-bond acceptors (Lipinski definition) is 3. The van der Waals surface area contributed by atoms with Crippen LogP contribution in [0.25, 0.3) is 0 Å². The predicted octanol–water partition coefficient (Wildman–Crippen LogP) is 4.55. The molecule has 23 heavy (non-hydrogen) atoms. The Balaban J connectivity index is 1.85. The molecular formula is C16H16Cl2N2O3. The van der Waals surface area contributed by atoms with E-state index in [0.29, 0.717) is 33.8 Å². The number of para-hydroxylation sites is 2. The molecule has 2 aromatic rings. The molecule has 2 amide bonds. The fourth-order valence-corrected chi connectivity index (χ4v) is 2.35. The first kappa shape index (κ1) is 17.2. The monoisotopic (exact) mass is 354 g/mol. The predicted molar refractivity (Wildman–Crippen MR) is 91.7 cm³/mol. The first-order chi connectivity index (χ1) is 11.1. The summed E-state index contributed by atoms with van der Waals surface area (Å²) >= 11 is 11.7. The second-order valence-electron chi connectivity index (χ2n) is 4.46. The lowest BCUT2D eigenvalue weighted by Gasteiger charge is -2.12. The van der Waals surface area contributed by atoms with Gasteiger partial charge in [-0.1, -0.05) is 35.3 Å². The molecule has 0 heterocycles. The lowest BCUT2D eigenvalue weighted by molar-refractivity contribution is 0.229. The van der Waals surface area contributed by atoms with E-state index in [9.17, 15) is 4.79 Å². The van der Waals surface area contributed by atoms with E-state index in [1.54, 1.807) is 30.3 Å². The first-order valence-corrected chi connectivity index (χ1v) is 7.69. The van der Waals surface area contributed by atoms with Gasteiger partial charge in [-0.05, 0) is 37.3 Å². The van der Waals surface area contributed by atoms with Crippen molar-refractivity contribution in [1.82, 2.24) is 5.32 Å². The molecule has 0 saturated carbocycles. The first-order valence-electron chi connectivity index (χ1n) is 6.94. The zero-order valence-electron chi connectivity index (χ0n) is 12.4. The fraction of sp³-hybridized carbons (Fsp3) is 0.188. The topological polar surface area (TPSA) is 59.6 Å². The van der Waals surface area contributed by atoms with Gasteiger partial charge < -0.3 is 20.1 Å². The van der Waals surface area contributed by atoms with Gasteiger partial charge in [-0.25, -0.2) is 4.79 Å². The summed E-state index contributed by atoms with van der Waals surface area (Å²) in [6.07, 6.45) is 0. The Labute approximate surface area is 144 Å². The standard InChI is InChI=1S/C16H16Cl2N2O3/c1-2-22-14-5-3-4-6-15(14)23-10-19-16(21)20-13-8-11(17)7-12(18)9-13/h3-9H,2,10H2,1H3,(H2,19,20,21). The number of carbonyl (C=O) groups is 1. The van der Waals surface area contributed by atoms with Crippen LogP contribution in [0.5, 0.6) is 11.5 Å². The maximum Gasteiger partial charge on any atom is 0.321 e. The molecule has 0 spiro atoms. The van der Waals surface area contributed by atoms with Crippen molar-refractivity contribution >= 4 is 34.9 Å². The summed E-state index contributed by atoms with van der Waals surface area (Å²) in [5, 5.41) is 6.07. The van der Waals surface area contributed by atoms with Crippen molar-refractivity contribution in [3.05, 3.63) is 52.5 Å². The molecule has 0 fully saturated rings. The van der Waals surface area contributed by atoms with Gasteiger partial charge in [-0.15, -0.1) is 0 Å². The average Bonchev–Trinajstić information content (AvgIpc) is 2.48. The van der Waals surface area contributed by atoms with Crippen molar-refractivity contribution in [1.29, 1.82) is 0 Å². The van der Waals surface area contributed by atoms with Crippen LogP contribution in [0.2, 0.25) is 10.0 Å². The van der Waals surface area contributed by atoms with Crippen LogP contribution in [0.15, 0.2) is 42.5 Å². The molecule has 2 N–H and O–H groups in total. The molecule has 0 atom stereocenters. The molecular weight excluding hydrogens is 339 g/mol. The van der Waals surface area contributed by atoms with Gasteiger partial charge in [-0.3, -0.25) is 0 Å². The molecule has 0 aliphatic rings. The minimum absolute atomic E-state index is 0.00970. The third kappa shape index (κ3) is 5.54. The lowest BCUT2D eigenvalue weighted by Crippen LogP contribution is -2.32. The van der Waals surface area contributed by atoms with Crippen molar-refractivity contribution in [2.75, 3.05) is 18.7 Å². The van der Waals surface area contributed by atoms with Crippen LogP contribution in [0, 0.1) is 0 Å². The number of amides is 2. The molecule has 5 nitrogen and oxygen atoms in total. The average molecular weight is 355 g/mol. The van der Waals surface area contributed by atoms with Gasteiger partial charge in [0.2, 0.25) is 0 Å². The van der Waals surface area contributed by atoms with Gasteiger partial charge in [-0.2, -0.15) is 0 Å². The summed E-state index contributed by atoms with van der Waals surface area (Å²) in [6.45, 7) is 2.41. The Morgan fingerprint density at radius 1 is 1.04 bits per heavy atom. The molecule has 2 rings (SSSR count). The van der Waals surface area contributed by atoms with Crippen LogP contribution in [-0.2, 0) is 0 Å². The number of carbonyl (C=O) groups excluding carboxylic acids is 1. The van der Waals surface area contributed by atoms with Crippen molar-refractivity contribution in [2.45, 2.75) is 6.92 Å². The molecule has 7 heteroatoms. The largest absolute Gasteiger partial charge is 0.490 e. The van der Waals surface area contributed by atoms with Crippen LogP contribution >= 0.6 is 23.2 Å². The van der Waals surface area contributed by atoms with Crippen LogP contribution in [0.3, 0.4) is 0 Å². The van der Waals surface area contributed by atoms with E-state index in [1.165, 1.54) is 0 Å². The highest BCUT2D eigenvalue weighted by molar-refractivity contribution is 6.35. The van der Waals surface area contributed by atoms with E-state index in [1.807, 2.05) is 19.1 Å². The molecule has 2 aromatic carbocycles. The second kappa shape index (κ2) is 8.50. The second-order valence-corrected chi connectivity index (χ2v) is 5.33. The maximum atomic E-state index is 11.8. The summed E-state index contributed by atoms with van der Waals surface area (Å²) in [7, 11) is 0. The van der Waals surface area contributed by atoms with E-state index in [-0.39, 0.29) is 6.73 Å². The Kier molecular flexibility index (Phi) is 6.38. The normalized spacial score (nSPS) is 10.0. The van der Waals surface area contributed by atoms with Crippen molar-refractivity contribution in [3.63, 3.8) is 0 Å². The third-order valence-corrected chi connectivity index (χ3v) is 3.17. The number of rotatable bonds is 6. The van der Waals surface area contributed by atoms with Crippen molar-refractivity contribution < 1.29 is 14.3 Å². The summed E-state index contributed by atoms with van der Waals surface area (Å²) in [6, 6.07) is 11.6. The maximum absolute atomic E-state index is 11.8. The molecule has 0 unspecified atom stereocenters. The number of nitrogens with one attached hydrogen (secondary N) is 2. The van der Waals surface area contributed by atoms with Gasteiger partial charge in [0.05, 0.1) is 6.61 Å². The Bertz CT molecular complexity index is 660. The molecule has 0 saturated heterocycles. The fourth-order valence-electron chi connectivity index (χ4n) is 1.82. The summed E-state index contributed by atoms with van der Waals surface area (Å²) < 4.78 is 10.9. The van der Waals surface area contributed by atoms with Gasteiger partial charge >= 0.3 is 6.03 Å². The van der Waals surface area contributed by atoms with Crippen LogP contribution < -0.4 is 20.1 Å². The molecule has 122 valence electrons. The highest BCUT2D eigenvalue weighted by atomic mass is 35.5. The zero-order chi connectivity index (χ0) is 16.7. The van der Waals surface area contributed by atoms with E-state index in [4.69, 9.17) is 32.7 Å². The van der Waals surface area contributed by atoms with Gasteiger partial charge in [0.1, 0.15) is 0 Å². The molecule has 0 aromatic heterocycles. The molecule has 0 aliphatic heterocycles. The van der Waals surface area contributed by atoms with Crippen molar-refractivity contribution in [2.24, 2.45) is 0 Å². The Hall–Kier alpha value is -2.11. The molecule has 0 bridgehead atoms. The number of anilines is 1. The Morgan fingerprint density at radius 2 is 1.65 bits per heavy atom. The van der Waals surface area contributed by atoms with Gasteiger partial charge in [0.15, 0.2) is 18.2 Å². The summed E-state index contributed by atoms with van der Waals surface area (Å²) in [4.78, 5) is 11.8. The highest BCUT2D eigenvalue weighted by Crippen LogP contribution is 2.26. The molecule has 0 radical (unpaired) electrons. The number of halogens is 2. The van der Waals surface area contributed by atoms with Crippen molar-refractivity contribution in [3.8, 4) is 11.5 Å². The van der Waals surface area contributed by atoms with E-state index in [0.717, 1.165) is 0 Å². The quantitative estimate of drug-likeness (QED) is 0.748. The minimum Gasteiger partial charge on any atom is -0.490 e. The number of benzene rings is 2. The van der Waals surface area contributed by atoms with Crippen LogP contribution in [-0.4, -0.2) is 19.4 Å². The van der Waals surface area contributed by atoms with Gasteiger partial charge in [0, 0.05) is 15.7 Å². The number of ether oxygens (including phenoxy) is 2. The highest BCUT2D eigenvalue weighted by Gasteiger charge is 2.06. The minimum atomic E-state index is -0.433. The van der Waals surface area contributed by atoms with Crippen LogP contribution in [0.4, 0.5) is 10.5 Å². The van der Waals surface area contributed by atoms with Crippen LogP contribution in [0.1, 0.15) is 6.92 Å². The third-order valence-electron chi connectivity index (χ3n) is 2.73. The SMILES string of the molecule is CCOc1ccccc1OCNC(=O)Nc1cc(Cl)cc(Cl)c1. The van der Waals surface area contributed by atoms with Gasteiger partial charge in [0.25, 0.3) is 0 Å². The zero-order valence-corrected chi connectivity index (χ0v) is 13.9. The smallest absolute Gasteiger partial charge is 0.321 e. The molecule has 0 aliphatic carbocycles. The van der Waals surface area contributed by atoms with E-state index < -0.39 is 6.03 Å². The number of urea groups is 1.